The van der Waals surface area contributed by atoms with Crippen LogP contribution in [0.2, 0.25) is 5.02 Å². The third kappa shape index (κ3) is 3.29. The molecule has 0 radical (unpaired) electrons. The van der Waals surface area contributed by atoms with Crippen molar-refractivity contribution in [3.63, 3.8) is 0 Å². The maximum absolute atomic E-state index is 12.2. The van der Waals surface area contributed by atoms with E-state index in [9.17, 15) is 4.79 Å². The van der Waals surface area contributed by atoms with Crippen LogP contribution in [0.15, 0.2) is 45.3 Å². The first-order valence-electron chi connectivity index (χ1n) is 5.29. The van der Waals surface area contributed by atoms with E-state index in [1.807, 2.05) is 0 Å². The quantitative estimate of drug-likeness (QED) is 0.713. The minimum atomic E-state index is -0.279. The summed E-state index contributed by atoms with van der Waals surface area (Å²) < 4.78 is 1.40. The van der Waals surface area contributed by atoms with E-state index in [4.69, 9.17) is 17.3 Å². The molecule has 0 aromatic heterocycles. The number of nitrogens with two attached hydrogens (primary N) is 1. The van der Waals surface area contributed by atoms with Crippen molar-refractivity contribution in [3.8, 4) is 0 Å². The van der Waals surface area contributed by atoms with Crippen LogP contribution < -0.4 is 11.1 Å². The second-order valence-corrected chi connectivity index (χ2v) is 5.90. The van der Waals surface area contributed by atoms with Crippen LogP contribution in [0.5, 0.6) is 0 Å². The van der Waals surface area contributed by atoms with Crippen LogP contribution in [-0.2, 0) is 0 Å². The summed E-state index contributed by atoms with van der Waals surface area (Å²) in [5, 5.41) is 3.22. The molecule has 0 heterocycles. The normalized spacial score (nSPS) is 10.3. The standard InChI is InChI=1S/C13H9Br2ClN2O/c14-7-4-5-9(16)11(6-7)18-13(19)8-2-1-3-10(17)12(8)15/h1-6H,17H2,(H,18,19). The summed E-state index contributed by atoms with van der Waals surface area (Å²) in [6.45, 7) is 0. The van der Waals surface area contributed by atoms with E-state index in [0.717, 1.165) is 4.47 Å². The highest BCUT2D eigenvalue weighted by molar-refractivity contribution is 9.11. The molecule has 0 spiro atoms. The number of carbonyl (C=O) groups excluding carboxylic acids is 1. The summed E-state index contributed by atoms with van der Waals surface area (Å²) in [5.41, 5.74) is 7.24. The molecule has 2 rings (SSSR count). The molecule has 0 saturated heterocycles. The Morgan fingerprint density at radius 1 is 1.21 bits per heavy atom. The lowest BCUT2D eigenvalue weighted by molar-refractivity contribution is 0.102. The number of benzene rings is 2. The molecule has 98 valence electrons. The maximum atomic E-state index is 12.2. The van der Waals surface area contributed by atoms with Crippen molar-refractivity contribution in [1.29, 1.82) is 0 Å². The molecule has 0 aliphatic rings. The zero-order valence-electron chi connectivity index (χ0n) is 9.58. The van der Waals surface area contributed by atoms with Crippen LogP contribution in [-0.4, -0.2) is 5.91 Å². The molecule has 0 bridgehead atoms. The van der Waals surface area contributed by atoms with Crippen LogP contribution in [0.3, 0.4) is 0 Å². The smallest absolute Gasteiger partial charge is 0.256 e. The van der Waals surface area contributed by atoms with Gasteiger partial charge in [0.15, 0.2) is 0 Å². The maximum Gasteiger partial charge on any atom is 0.256 e. The third-order valence-electron chi connectivity index (χ3n) is 2.45. The van der Waals surface area contributed by atoms with E-state index >= 15 is 0 Å². The van der Waals surface area contributed by atoms with Crippen LogP contribution in [0, 0.1) is 0 Å². The van der Waals surface area contributed by atoms with Gasteiger partial charge in [-0.3, -0.25) is 4.79 Å². The highest BCUT2D eigenvalue weighted by atomic mass is 79.9. The summed E-state index contributed by atoms with van der Waals surface area (Å²) in [4.78, 5) is 12.2. The highest BCUT2D eigenvalue weighted by Gasteiger charge is 2.13. The predicted octanol–water partition coefficient (Wildman–Crippen LogP) is 4.70. The van der Waals surface area contributed by atoms with Gasteiger partial charge in [-0.25, -0.2) is 0 Å². The second kappa shape index (κ2) is 5.94. The number of amides is 1. The molecule has 0 aliphatic heterocycles. The Kier molecular flexibility index (Phi) is 4.50. The molecule has 3 N–H and O–H groups in total. The van der Waals surface area contributed by atoms with Crippen LogP contribution in [0.4, 0.5) is 11.4 Å². The number of hydrogen-bond donors (Lipinski definition) is 2. The van der Waals surface area contributed by atoms with Gasteiger partial charge in [0.05, 0.1) is 20.7 Å². The number of hydrogen-bond acceptors (Lipinski definition) is 2. The van der Waals surface area contributed by atoms with E-state index in [1.165, 1.54) is 0 Å². The minimum absolute atomic E-state index is 0.279. The largest absolute Gasteiger partial charge is 0.398 e. The monoisotopic (exact) mass is 402 g/mol. The lowest BCUT2D eigenvalue weighted by atomic mass is 10.2. The fourth-order valence-electron chi connectivity index (χ4n) is 1.51. The highest BCUT2D eigenvalue weighted by Crippen LogP contribution is 2.28. The first-order valence-corrected chi connectivity index (χ1v) is 7.26. The van der Waals surface area contributed by atoms with E-state index in [0.29, 0.717) is 26.4 Å². The lowest BCUT2D eigenvalue weighted by Gasteiger charge is -2.10. The Hall–Kier alpha value is -1.04. The summed E-state index contributed by atoms with van der Waals surface area (Å²) in [6.07, 6.45) is 0. The number of nitrogen functional groups attached to an aromatic ring is 1. The number of halogens is 3. The van der Waals surface area contributed by atoms with Gasteiger partial charge in [-0.15, -0.1) is 0 Å². The Morgan fingerprint density at radius 2 is 1.95 bits per heavy atom. The first-order chi connectivity index (χ1) is 8.99. The van der Waals surface area contributed by atoms with Gasteiger partial charge in [-0.1, -0.05) is 33.6 Å². The summed E-state index contributed by atoms with van der Waals surface area (Å²) in [5.74, 6) is -0.279. The Morgan fingerprint density at radius 3 is 2.68 bits per heavy atom. The number of carbonyl (C=O) groups is 1. The molecule has 1 amide bonds. The van der Waals surface area contributed by atoms with Crippen molar-refractivity contribution >= 4 is 60.7 Å². The van der Waals surface area contributed by atoms with Gasteiger partial charge in [0.1, 0.15) is 0 Å². The average molecular weight is 404 g/mol. The molecule has 0 saturated carbocycles. The van der Waals surface area contributed by atoms with Gasteiger partial charge in [-0.2, -0.15) is 0 Å². The van der Waals surface area contributed by atoms with Crippen molar-refractivity contribution in [2.24, 2.45) is 0 Å². The number of nitrogens with one attached hydrogen (secondary N) is 1. The van der Waals surface area contributed by atoms with Crippen molar-refractivity contribution in [2.75, 3.05) is 11.1 Å². The SMILES string of the molecule is Nc1cccc(C(=O)Nc2cc(Br)ccc2Cl)c1Br. The van der Waals surface area contributed by atoms with Gasteiger partial charge < -0.3 is 11.1 Å². The van der Waals surface area contributed by atoms with E-state index in [2.05, 4.69) is 37.2 Å². The summed E-state index contributed by atoms with van der Waals surface area (Å²) in [6, 6.07) is 10.4. The molecule has 0 unspecified atom stereocenters. The summed E-state index contributed by atoms with van der Waals surface area (Å²) in [7, 11) is 0. The van der Waals surface area contributed by atoms with Crippen molar-refractivity contribution in [3.05, 3.63) is 55.9 Å². The summed E-state index contributed by atoms with van der Waals surface area (Å²) >= 11 is 12.7. The van der Waals surface area contributed by atoms with Crippen LogP contribution in [0.1, 0.15) is 10.4 Å². The zero-order valence-corrected chi connectivity index (χ0v) is 13.5. The molecule has 2 aromatic carbocycles. The molecule has 6 heteroatoms. The van der Waals surface area contributed by atoms with E-state index in [1.54, 1.807) is 36.4 Å². The van der Waals surface area contributed by atoms with Gasteiger partial charge in [-0.05, 0) is 46.3 Å². The number of rotatable bonds is 2. The topological polar surface area (TPSA) is 55.1 Å². The fourth-order valence-corrected chi connectivity index (χ4v) is 2.48. The van der Waals surface area contributed by atoms with E-state index in [-0.39, 0.29) is 5.91 Å². The van der Waals surface area contributed by atoms with Crippen molar-refractivity contribution in [2.45, 2.75) is 0 Å². The first kappa shape index (κ1) is 14.4. The van der Waals surface area contributed by atoms with Crippen molar-refractivity contribution in [1.82, 2.24) is 0 Å². The molecular formula is C13H9Br2ClN2O. The molecule has 3 nitrogen and oxygen atoms in total. The predicted molar refractivity (Wildman–Crippen MR) is 85.7 cm³/mol. The van der Waals surface area contributed by atoms with E-state index < -0.39 is 0 Å². The average Bonchev–Trinajstić information content (AvgIpc) is 2.37. The third-order valence-corrected chi connectivity index (χ3v) is 4.16. The Labute approximate surface area is 132 Å². The Balaban J connectivity index is 2.31. The van der Waals surface area contributed by atoms with Gasteiger partial charge in [0.25, 0.3) is 5.91 Å². The molecule has 19 heavy (non-hydrogen) atoms. The zero-order chi connectivity index (χ0) is 14.0. The molecule has 0 aliphatic carbocycles. The van der Waals surface area contributed by atoms with Crippen molar-refractivity contribution < 1.29 is 4.79 Å². The van der Waals surface area contributed by atoms with Gasteiger partial charge in [0.2, 0.25) is 0 Å². The molecule has 0 fully saturated rings. The van der Waals surface area contributed by atoms with Crippen LogP contribution in [0.25, 0.3) is 0 Å². The van der Waals surface area contributed by atoms with Gasteiger partial charge in [0, 0.05) is 10.2 Å². The lowest BCUT2D eigenvalue weighted by Crippen LogP contribution is -2.13. The number of anilines is 2. The fraction of sp³-hybridized carbons (Fsp3) is 0. The molecular weight excluding hydrogens is 395 g/mol. The van der Waals surface area contributed by atoms with Crippen LogP contribution >= 0.6 is 43.5 Å². The Bertz CT molecular complexity index is 647. The molecule has 0 atom stereocenters. The second-order valence-electron chi connectivity index (χ2n) is 3.79. The van der Waals surface area contributed by atoms with Gasteiger partial charge >= 0.3 is 0 Å². The molecule has 2 aromatic rings. The minimum Gasteiger partial charge on any atom is -0.398 e.